The van der Waals surface area contributed by atoms with Crippen LogP contribution in [0.1, 0.15) is 27.2 Å². The first-order valence-corrected chi connectivity index (χ1v) is 9.45. The van der Waals surface area contributed by atoms with Crippen LogP contribution in [0.25, 0.3) is 11.2 Å². The molecule has 148 valence electrons. The fourth-order valence-electron chi connectivity index (χ4n) is 3.18. The minimum atomic E-state index is -0.618. The van der Waals surface area contributed by atoms with Gasteiger partial charge in [-0.1, -0.05) is 32.4 Å². The molecular formula is C18H24ClN3O5. The van der Waals surface area contributed by atoms with E-state index >= 15 is 0 Å². The predicted octanol–water partition coefficient (Wildman–Crippen LogP) is 2.33. The number of hydrogen-bond acceptors (Lipinski definition) is 7. The van der Waals surface area contributed by atoms with Gasteiger partial charge >= 0.3 is 0 Å². The number of rotatable bonds is 5. The molecule has 2 N–H and O–H groups in total. The highest BCUT2D eigenvalue weighted by atomic mass is 35.5. The number of pyridine rings is 1. The fraction of sp³-hybridized carbons (Fsp3) is 0.667. The van der Waals surface area contributed by atoms with Crippen LogP contribution in [0.2, 0.25) is 5.02 Å². The fourth-order valence-corrected chi connectivity index (χ4v) is 3.38. The summed E-state index contributed by atoms with van der Waals surface area (Å²) in [4.78, 5) is 11.8. The van der Waals surface area contributed by atoms with Gasteiger partial charge in [-0.15, -0.1) is 0 Å². The number of halogens is 1. The van der Waals surface area contributed by atoms with Crippen molar-refractivity contribution in [3.8, 4) is 11.9 Å². The summed E-state index contributed by atoms with van der Waals surface area (Å²) in [6.07, 6.45) is -0.734. The molecule has 0 aliphatic carbocycles. The molecule has 0 saturated carbocycles. The summed E-state index contributed by atoms with van der Waals surface area (Å²) < 4.78 is 22.7. The summed E-state index contributed by atoms with van der Waals surface area (Å²) in [6.45, 7) is 7.56. The first-order chi connectivity index (χ1) is 12.8. The third-order valence-corrected chi connectivity index (χ3v) is 4.98. The molecular weight excluding hydrogens is 374 g/mol. The Morgan fingerprint density at radius 1 is 1.26 bits per heavy atom. The highest BCUT2D eigenvalue weighted by Gasteiger charge is 2.48. The summed E-state index contributed by atoms with van der Waals surface area (Å²) in [7, 11) is 0. The zero-order valence-corrected chi connectivity index (χ0v) is 16.3. The van der Waals surface area contributed by atoms with Crippen LogP contribution in [0.15, 0.2) is 6.07 Å². The van der Waals surface area contributed by atoms with Crippen molar-refractivity contribution in [3.05, 3.63) is 11.1 Å². The predicted molar refractivity (Wildman–Crippen MR) is 98.4 cm³/mol. The molecule has 2 fully saturated rings. The number of aliphatic hydroxyl groups excluding tert-OH is 1. The number of hydrogen-bond donors (Lipinski definition) is 2. The molecule has 9 heteroatoms. The number of fused-ring (bicyclic) bond motifs is 2. The van der Waals surface area contributed by atoms with Gasteiger partial charge in [-0.25, -0.2) is 0 Å². The van der Waals surface area contributed by atoms with Crippen molar-refractivity contribution in [3.63, 3.8) is 0 Å². The maximum absolute atomic E-state index is 9.81. The summed E-state index contributed by atoms with van der Waals surface area (Å²) in [6, 6.07) is 2.03. The summed E-state index contributed by atoms with van der Waals surface area (Å²) in [5.74, 6) is 0.359. The largest absolute Gasteiger partial charge is 0.477 e. The first-order valence-electron chi connectivity index (χ1n) is 9.07. The van der Waals surface area contributed by atoms with Gasteiger partial charge in [-0.05, 0) is 17.9 Å². The van der Waals surface area contributed by atoms with Crippen molar-refractivity contribution in [2.24, 2.45) is 5.41 Å². The minimum absolute atomic E-state index is 0.168. The molecule has 2 aliphatic rings. The Labute approximate surface area is 162 Å². The monoisotopic (exact) mass is 397 g/mol. The normalized spacial score (nSPS) is 27.9. The Morgan fingerprint density at radius 3 is 2.81 bits per heavy atom. The molecule has 2 saturated heterocycles. The maximum atomic E-state index is 9.81. The molecule has 0 aromatic carbocycles. The van der Waals surface area contributed by atoms with Crippen LogP contribution < -0.4 is 9.47 Å². The van der Waals surface area contributed by atoms with E-state index in [9.17, 15) is 5.11 Å². The molecule has 2 aromatic rings. The molecule has 4 rings (SSSR count). The molecule has 4 heterocycles. The van der Waals surface area contributed by atoms with E-state index in [1.54, 1.807) is 6.07 Å². The van der Waals surface area contributed by atoms with E-state index in [1.807, 2.05) is 0 Å². The second kappa shape index (κ2) is 7.09. The van der Waals surface area contributed by atoms with Gasteiger partial charge in [0.1, 0.15) is 23.3 Å². The lowest BCUT2D eigenvalue weighted by molar-refractivity contribution is 0.00706. The van der Waals surface area contributed by atoms with Crippen LogP contribution in [0, 0.1) is 5.41 Å². The third-order valence-electron chi connectivity index (χ3n) is 4.71. The Hall–Kier alpha value is -1.61. The molecule has 27 heavy (non-hydrogen) atoms. The van der Waals surface area contributed by atoms with E-state index in [0.717, 1.165) is 6.42 Å². The van der Waals surface area contributed by atoms with E-state index in [1.165, 1.54) is 0 Å². The Kier molecular flexibility index (Phi) is 4.92. The highest BCUT2D eigenvalue weighted by molar-refractivity contribution is 6.32. The zero-order chi connectivity index (χ0) is 19.2. The van der Waals surface area contributed by atoms with Gasteiger partial charge in [0.15, 0.2) is 11.8 Å². The van der Waals surface area contributed by atoms with Gasteiger partial charge in [0.2, 0.25) is 5.88 Å². The number of aliphatic hydroxyl groups is 1. The molecule has 2 aliphatic heterocycles. The summed E-state index contributed by atoms with van der Waals surface area (Å²) in [5.41, 5.74) is 1.28. The smallest absolute Gasteiger partial charge is 0.296 e. The minimum Gasteiger partial charge on any atom is -0.477 e. The number of imidazole rings is 1. The highest BCUT2D eigenvalue weighted by Crippen LogP contribution is 2.31. The van der Waals surface area contributed by atoms with Crippen molar-refractivity contribution < 1.29 is 24.1 Å². The Morgan fingerprint density at radius 2 is 2.04 bits per heavy atom. The summed E-state index contributed by atoms with van der Waals surface area (Å²) >= 11 is 6.28. The van der Waals surface area contributed by atoms with Crippen LogP contribution in [-0.4, -0.2) is 64.3 Å². The quantitative estimate of drug-likeness (QED) is 0.798. The van der Waals surface area contributed by atoms with Crippen molar-refractivity contribution in [2.45, 2.75) is 51.6 Å². The van der Waals surface area contributed by atoms with Gasteiger partial charge < -0.3 is 29.0 Å². The average molecular weight is 398 g/mol. The van der Waals surface area contributed by atoms with Crippen molar-refractivity contribution in [1.82, 2.24) is 15.0 Å². The van der Waals surface area contributed by atoms with E-state index < -0.39 is 6.10 Å². The SMILES string of the molecule is CC(C)(C)CCOc1nc2nc(O[C@@H]3CO[C@H]4C3OC[C@H]4O)[nH]c2cc1Cl. The molecule has 0 bridgehead atoms. The van der Waals surface area contributed by atoms with Gasteiger partial charge in [-0.3, -0.25) is 0 Å². The molecule has 8 nitrogen and oxygen atoms in total. The first kappa shape index (κ1) is 18.7. The van der Waals surface area contributed by atoms with E-state index in [0.29, 0.717) is 41.3 Å². The molecule has 0 spiro atoms. The number of H-pyrrole nitrogens is 1. The van der Waals surface area contributed by atoms with E-state index in [2.05, 4.69) is 35.7 Å². The number of ether oxygens (including phenoxy) is 4. The third kappa shape index (κ3) is 3.99. The summed E-state index contributed by atoms with van der Waals surface area (Å²) in [5, 5.41) is 10.2. The Bertz CT molecular complexity index is 821. The molecule has 2 aromatic heterocycles. The Balaban J connectivity index is 1.46. The van der Waals surface area contributed by atoms with Crippen molar-refractivity contribution in [2.75, 3.05) is 19.8 Å². The van der Waals surface area contributed by atoms with Gasteiger partial charge in [0.05, 0.1) is 25.3 Å². The molecule has 0 amide bonds. The van der Waals surface area contributed by atoms with Crippen molar-refractivity contribution >= 4 is 22.8 Å². The average Bonchev–Trinajstić information content (AvgIpc) is 3.24. The molecule has 4 atom stereocenters. The van der Waals surface area contributed by atoms with E-state index in [4.69, 9.17) is 30.5 Å². The lowest BCUT2D eigenvalue weighted by atomic mass is 9.93. The second-order valence-corrected chi connectivity index (χ2v) is 8.57. The number of nitrogens with zero attached hydrogens (tertiary/aromatic N) is 2. The van der Waals surface area contributed by atoms with Crippen molar-refractivity contribution in [1.29, 1.82) is 0 Å². The van der Waals surface area contributed by atoms with Crippen LogP contribution in [0.4, 0.5) is 0 Å². The zero-order valence-electron chi connectivity index (χ0n) is 15.6. The van der Waals surface area contributed by atoms with Gasteiger partial charge in [0, 0.05) is 0 Å². The maximum Gasteiger partial charge on any atom is 0.296 e. The van der Waals surface area contributed by atoms with Gasteiger partial charge in [-0.2, -0.15) is 9.97 Å². The van der Waals surface area contributed by atoms with Crippen LogP contribution in [0.5, 0.6) is 11.9 Å². The topological polar surface area (TPSA) is 98.7 Å². The van der Waals surface area contributed by atoms with Crippen LogP contribution in [0.3, 0.4) is 0 Å². The standard InChI is InChI=1S/C18H24ClN3O5/c1-18(2,3)4-5-24-16-9(19)6-10-15(21-16)22-17(20-10)27-12-8-26-13-11(23)7-25-14(12)13/h6,11-14,23H,4-5,7-8H2,1-3H3,(H,20,21,22)/t11-,12-,13-,14?/m1/s1. The molecule has 1 unspecified atom stereocenters. The number of nitrogens with one attached hydrogen (secondary N) is 1. The lowest BCUT2D eigenvalue weighted by Crippen LogP contribution is -2.34. The van der Waals surface area contributed by atoms with Crippen LogP contribution in [-0.2, 0) is 9.47 Å². The number of aromatic amines is 1. The van der Waals surface area contributed by atoms with Crippen LogP contribution >= 0.6 is 11.6 Å². The number of aromatic nitrogens is 3. The lowest BCUT2D eigenvalue weighted by Gasteiger charge is -2.17. The van der Waals surface area contributed by atoms with Gasteiger partial charge in [0.25, 0.3) is 6.01 Å². The second-order valence-electron chi connectivity index (χ2n) is 8.17. The molecule has 0 radical (unpaired) electrons. The van der Waals surface area contributed by atoms with E-state index in [-0.39, 0.29) is 30.3 Å².